The Kier molecular flexibility index (Phi) is 10.6. The molecule has 9 N–H and O–H groups in total. The largest absolute Gasteiger partial charge is 0.387 e. The van der Waals surface area contributed by atoms with Gasteiger partial charge < -0.3 is 35.8 Å². The molecule has 3 saturated heterocycles. The van der Waals surface area contributed by atoms with Crippen molar-refractivity contribution in [1.82, 2.24) is 31.1 Å². The van der Waals surface area contributed by atoms with E-state index in [2.05, 4.69) is 82.4 Å². The topological polar surface area (TPSA) is 146 Å². The van der Waals surface area contributed by atoms with Gasteiger partial charge in [0.2, 0.25) is 0 Å². The summed E-state index contributed by atoms with van der Waals surface area (Å²) in [5.74, 6) is 0. The van der Waals surface area contributed by atoms with Crippen LogP contribution in [0.2, 0.25) is 0 Å². The Hall–Kier alpha value is -1.58. The summed E-state index contributed by atoms with van der Waals surface area (Å²) in [5, 5.41) is 39.5. The molecule has 0 bridgehead atoms. The number of likely N-dealkylation sites (N-methyl/N-ethyl adjacent to an activating group) is 1. The molecular weight excluding hydrogens is 570 g/mol. The molecule has 4 aliphatic heterocycles. The Morgan fingerprint density at radius 3 is 2.56 bits per heavy atom. The molecule has 1 aliphatic carbocycles. The van der Waals surface area contributed by atoms with E-state index in [-0.39, 0.29) is 30.1 Å². The molecule has 45 heavy (non-hydrogen) atoms. The van der Waals surface area contributed by atoms with Gasteiger partial charge in [0.25, 0.3) is 0 Å². The highest BCUT2D eigenvalue weighted by atomic mass is 16.6. The molecule has 0 radical (unpaired) electrons. The summed E-state index contributed by atoms with van der Waals surface area (Å²) >= 11 is 0. The second kappa shape index (κ2) is 14.3. The quantitative estimate of drug-likeness (QED) is 0.184. The summed E-state index contributed by atoms with van der Waals surface area (Å²) in [5.41, 5.74) is 10.2. The van der Waals surface area contributed by atoms with E-state index in [0.717, 1.165) is 19.5 Å². The lowest BCUT2D eigenvalue weighted by Gasteiger charge is -2.38. The Labute approximate surface area is 269 Å². The van der Waals surface area contributed by atoms with Crippen LogP contribution in [0.5, 0.6) is 0 Å². The number of aliphatic hydroxyl groups excluding tert-OH is 2. The minimum Gasteiger partial charge on any atom is -0.387 e. The van der Waals surface area contributed by atoms with Gasteiger partial charge in [-0.2, -0.15) is 0 Å². The smallest absolute Gasteiger partial charge is 0.155 e. The van der Waals surface area contributed by atoms with Gasteiger partial charge in [0.05, 0.1) is 36.4 Å². The number of hydrogen-bond acceptors (Lipinski definition) is 12. The predicted molar refractivity (Wildman–Crippen MR) is 178 cm³/mol. The molecule has 4 unspecified atom stereocenters. The van der Waals surface area contributed by atoms with E-state index in [1.54, 1.807) is 0 Å². The summed E-state index contributed by atoms with van der Waals surface area (Å²) in [7, 11) is 2.06. The number of rotatable bonds is 9. The highest BCUT2D eigenvalue weighted by Crippen LogP contribution is 2.40. The van der Waals surface area contributed by atoms with Gasteiger partial charge in [-0.25, -0.2) is 4.90 Å². The Balaban J connectivity index is 1.01. The average molecular weight is 630 g/mol. The van der Waals surface area contributed by atoms with Crippen LogP contribution < -0.4 is 37.2 Å². The number of benzene rings is 1. The van der Waals surface area contributed by atoms with Crippen LogP contribution in [0.15, 0.2) is 18.2 Å². The van der Waals surface area contributed by atoms with Crippen molar-refractivity contribution in [2.24, 2.45) is 5.73 Å². The number of nitrogens with two attached hydrogens (primary N) is 1. The van der Waals surface area contributed by atoms with Crippen LogP contribution in [0.25, 0.3) is 0 Å². The van der Waals surface area contributed by atoms with Crippen LogP contribution in [0.1, 0.15) is 77.7 Å². The monoisotopic (exact) mass is 629 g/mol. The average Bonchev–Trinajstić information content (AvgIpc) is 3.65. The number of aliphatic hydroxyl groups is 2. The first-order valence-corrected chi connectivity index (χ1v) is 17.5. The number of anilines is 2. The highest BCUT2D eigenvalue weighted by molar-refractivity contribution is 5.77. The summed E-state index contributed by atoms with van der Waals surface area (Å²) in [6.45, 7) is 10.2. The molecule has 1 saturated carbocycles. The molecule has 254 valence electrons. The van der Waals surface area contributed by atoms with Gasteiger partial charge in [-0.15, -0.1) is 0 Å². The lowest BCUT2D eigenvalue weighted by atomic mass is 9.86. The van der Waals surface area contributed by atoms with Crippen molar-refractivity contribution < 1.29 is 14.9 Å². The fourth-order valence-corrected chi connectivity index (χ4v) is 7.96. The molecule has 0 amide bonds. The van der Waals surface area contributed by atoms with Crippen molar-refractivity contribution in [3.63, 3.8) is 0 Å². The zero-order valence-electron chi connectivity index (χ0n) is 27.8. The SMILES string of the molecule is CN(CCCNC1Nc2cc(C(C)(C)C)ccc2N1C1CCCCCCC1)C[C@H]1O[C@@H](N2CNC3C(N)NCNC32)[C@H](O)[C@@H]1O. The number of fused-ring (bicyclic) bond motifs is 2. The molecule has 0 spiro atoms. The van der Waals surface area contributed by atoms with Gasteiger partial charge in [-0.1, -0.05) is 58.9 Å². The number of hydrogen-bond donors (Lipinski definition) is 8. The molecule has 12 heteroatoms. The highest BCUT2D eigenvalue weighted by Gasteiger charge is 2.51. The van der Waals surface area contributed by atoms with Crippen LogP contribution in [-0.4, -0.2) is 115 Å². The van der Waals surface area contributed by atoms with Gasteiger partial charge in [0.15, 0.2) is 6.29 Å². The molecule has 6 rings (SSSR count). The third-order valence-electron chi connectivity index (χ3n) is 10.6. The molecule has 5 aliphatic rings. The van der Waals surface area contributed by atoms with Gasteiger partial charge >= 0.3 is 0 Å². The van der Waals surface area contributed by atoms with E-state index in [9.17, 15) is 10.2 Å². The molecule has 1 aromatic carbocycles. The first-order chi connectivity index (χ1) is 21.6. The fourth-order valence-electron chi connectivity index (χ4n) is 7.96. The maximum Gasteiger partial charge on any atom is 0.155 e. The molecule has 0 aromatic heterocycles. The van der Waals surface area contributed by atoms with E-state index in [0.29, 0.717) is 25.9 Å². The van der Waals surface area contributed by atoms with Gasteiger partial charge in [-0.3, -0.25) is 21.3 Å². The molecule has 12 nitrogen and oxygen atoms in total. The van der Waals surface area contributed by atoms with Crippen molar-refractivity contribution in [3.8, 4) is 0 Å². The lowest BCUT2D eigenvalue weighted by Crippen LogP contribution is -2.68. The Morgan fingerprint density at radius 2 is 1.80 bits per heavy atom. The molecule has 1 aromatic rings. The van der Waals surface area contributed by atoms with Crippen LogP contribution in [-0.2, 0) is 10.2 Å². The zero-order valence-corrected chi connectivity index (χ0v) is 27.8. The van der Waals surface area contributed by atoms with Crippen molar-refractivity contribution in [3.05, 3.63) is 23.8 Å². The first-order valence-electron chi connectivity index (χ1n) is 17.5. The number of ether oxygens (including phenoxy) is 1. The van der Waals surface area contributed by atoms with Crippen molar-refractivity contribution >= 4 is 11.4 Å². The Morgan fingerprint density at radius 1 is 1.04 bits per heavy atom. The number of nitrogens with zero attached hydrogens (tertiary/aromatic N) is 3. The molecule has 8 atom stereocenters. The third kappa shape index (κ3) is 7.30. The van der Waals surface area contributed by atoms with Gasteiger partial charge in [-0.05, 0) is 62.5 Å². The number of nitrogens with one attached hydrogen (secondary N) is 5. The lowest BCUT2D eigenvalue weighted by molar-refractivity contribution is -0.106. The summed E-state index contributed by atoms with van der Waals surface area (Å²) < 4.78 is 6.29. The first kappa shape index (κ1) is 33.3. The van der Waals surface area contributed by atoms with E-state index in [1.165, 1.54) is 61.9 Å². The minimum absolute atomic E-state index is 0.00610. The fraction of sp³-hybridized carbons (Fsp3) is 0.818. The molecular formula is C33H59N9O3. The molecule has 4 heterocycles. The standard InChI is InChI=1S/C33H59N9O3/c1-33(2,3)21-13-14-24-23(17-21)39-32(42(24)22-11-8-6-5-7-9-12-22)35-15-10-16-40(4)18-25-27(43)28(44)31(45-25)41-20-38-26-29(34)36-19-37-30(26)41/h13-14,17,22,25-32,35-39,43-44H,5-12,15-16,18-20,34H2,1-4H3/t25-,26?,27-,28-,29?,30?,31-,32?/m1/s1. The van der Waals surface area contributed by atoms with Gasteiger partial charge in [0.1, 0.15) is 24.5 Å². The van der Waals surface area contributed by atoms with Crippen LogP contribution in [0, 0.1) is 0 Å². The minimum atomic E-state index is -0.980. The maximum atomic E-state index is 10.9. The summed E-state index contributed by atoms with van der Waals surface area (Å²) in [6, 6.07) is 7.54. The van der Waals surface area contributed by atoms with Crippen molar-refractivity contribution in [2.45, 2.75) is 133 Å². The summed E-state index contributed by atoms with van der Waals surface area (Å²) in [4.78, 5) is 6.87. The molecule has 4 fully saturated rings. The second-order valence-corrected chi connectivity index (χ2v) is 15.0. The van der Waals surface area contributed by atoms with Crippen LogP contribution in [0.4, 0.5) is 11.4 Å². The maximum absolute atomic E-state index is 10.9. The summed E-state index contributed by atoms with van der Waals surface area (Å²) in [6.07, 6.45) is 6.96. The van der Waals surface area contributed by atoms with Crippen LogP contribution >= 0.6 is 0 Å². The van der Waals surface area contributed by atoms with E-state index in [4.69, 9.17) is 10.5 Å². The van der Waals surface area contributed by atoms with Crippen molar-refractivity contribution in [2.75, 3.05) is 50.2 Å². The van der Waals surface area contributed by atoms with E-state index >= 15 is 0 Å². The predicted octanol–water partition coefficient (Wildman–Crippen LogP) is 0.963. The Bertz CT molecular complexity index is 1110. The van der Waals surface area contributed by atoms with Crippen LogP contribution in [0.3, 0.4) is 0 Å². The third-order valence-corrected chi connectivity index (χ3v) is 10.6. The van der Waals surface area contributed by atoms with E-state index < -0.39 is 24.5 Å². The van der Waals surface area contributed by atoms with Gasteiger partial charge in [0, 0.05) is 19.3 Å². The van der Waals surface area contributed by atoms with Crippen molar-refractivity contribution in [1.29, 1.82) is 0 Å². The normalized spacial score (nSPS) is 34.9. The zero-order chi connectivity index (χ0) is 31.7. The van der Waals surface area contributed by atoms with E-state index in [1.807, 2.05) is 4.90 Å². The second-order valence-electron chi connectivity index (χ2n) is 15.0.